The second-order valence-electron chi connectivity index (χ2n) is 7.22. The summed E-state index contributed by atoms with van der Waals surface area (Å²) in [7, 11) is 0. The summed E-state index contributed by atoms with van der Waals surface area (Å²) in [6.45, 7) is 3.21. The van der Waals surface area contributed by atoms with Gasteiger partial charge in [-0.3, -0.25) is 9.89 Å². The number of H-pyrrole nitrogens is 1. The lowest BCUT2D eigenvalue weighted by molar-refractivity contribution is -0.134. The molecule has 0 spiro atoms. The van der Waals surface area contributed by atoms with Gasteiger partial charge in [-0.1, -0.05) is 60.7 Å². The largest absolute Gasteiger partial charge is 0.341 e. The molecule has 0 aliphatic carbocycles. The minimum Gasteiger partial charge on any atom is -0.341 e. The maximum Gasteiger partial charge on any atom is 0.222 e. The quantitative estimate of drug-likeness (QED) is 0.760. The van der Waals surface area contributed by atoms with Crippen LogP contribution in [0, 0.1) is 6.92 Å². The molecule has 4 rings (SSSR count). The SMILES string of the molecule is Cc1nc(CCN2CC(c3ccccc3)(c3ccccc3)CCC2=O)n[nH]1. The number of benzene rings is 2. The van der Waals surface area contributed by atoms with E-state index in [1.54, 1.807) is 0 Å². The molecule has 5 heteroatoms. The van der Waals surface area contributed by atoms with Gasteiger partial charge >= 0.3 is 0 Å². The van der Waals surface area contributed by atoms with Crippen molar-refractivity contribution in [2.24, 2.45) is 0 Å². The van der Waals surface area contributed by atoms with E-state index in [9.17, 15) is 4.79 Å². The van der Waals surface area contributed by atoms with Crippen LogP contribution in [-0.4, -0.2) is 39.1 Å². The number of aromatic amines is 1. The maximum absolute atomic E-state index is 12.6. The molecule has 0 unspecified atom stereocenters. The second kappa shape index (κ2) is 7.35. The van der Waals surface area contributed by atoms with E-state index in [1.165, 1.54) is 11.1 Å². The van der Waals surface area contributed by atoms with Crippen molar-refractivity contribution in [1.82, 2.24) is 20.1 Å². The van der Waals surface area contributed by atoms with E-state index in [0.717, 1.165) is 18.1 Å². The second-order valence-corrected chi connectivity index (χ2v) is 7.22. The van der Waals surface area contributed by atoms with Crippen molar-refractivity contribution in [3.8, 4) is 0 Å². The Morgan fingerprint density at radius 1 is 1.04 bits per heavy atom. The summed E-state index contributed by atoms with van der Waals surface area (Å²) in [6.07, 6.45) is 2.04. The standard InChI is InChI=1S/C22H24N4O/c1-17-23-20(25-24-17)13-15-26-16-22(14-12-21(26)27,18-8-4-2-5-9-18)19-10-6-3-7-11-19/h2-11H,12-16H2,1H3,(H,23,24,25). The summed E-state index contributed by atoms with van der Waals surface area (Å²) < 4.78 is 0. The molecule has 1 aliphatic rings. The number of piperidine rings is 1. The van der Waals surface area contributed by atoms with Gasteiger partial charge < -0.3 is 4.90 Å². The third-order valence-electron chi connectivity index (χ3n) is 5.48. The van der Waals surface area contributed by atoms with Crippen molar-refractivity contribution in [2.75, 3.05) is 13.1 Å². The average molecular weight is 360 g/mol. The number of hydrogen-bond acceptors (Lipinski definition) is 3. The normalized spacial score (nSPS) is 16.5. The van der Waals surface area contributed by atoms with E-state index < -0.39 is 0 Å². The van der Waals surface area contributed by atoms with Crippen molar-refractivity contribution < 1.29 is 4.79 Å². The van der Waals surface area contributed by atoms with Gasteiger partial charge in [0.25, 0.3) is 0 Å². The molecule has 1 amide bonds. The maximum atomic E-state index is 12.6. The third kappa shape index (κ3) is 3.50. The highest BCUT2D eigenvalue weighted by molar-refractivity contribution is 5.78. The molecule has 5 nitrogen and oxygen atoms in total. The van der Waals surface area contributed by atoms with Gasteiger partial charge in [0.05, 0.1) is 0 Å². The molecule has 0 radical (unpaired) electrons. The first-order chi connectivity index (χ1) is 13.2. The zero-order valence-corrected chi connectivity index (χ0v) is 15.6. The molecule has 1 saturated heterocycles. The van der Waals surface area contributed by atoms with Crippen LogP contribution in [0.15, 0.2) is 60.7 Å². The van der Waals surface area contributed by atoms with Crippen molar-refractivity contribution in [3.63, 3.8) is 0 Å². The first kappa shape index (κ1) is 17.5. The number of nitrogens with zero attached hydrogens (tertiary/aromatic N) is 3. The highest BCUT2D eigenvalue weighted by atomic mass is 16.2. The van der Waals surface area contributed by atoms with Crippen LogP contribution in [-0.2, 0) is 16.6 Å². The van der Waals surface area contributed by atoms with Crippen LogP contribution < -0.4 is 0 Å². The van der Waals surface area contributed by atoms with E-state index in [1.807, 2.05) is 24.0 Å². The Hall–Kier alpha value is -2.95. The fraction of sp³-hybridized carbons (Fsp3) is 0.318. The minimum absolute atomic E-state index is 0.175. The van der Waals surface area contributed by atoms with Gasteiger partial charge in [-0.2, -0.15) is 5.10 Å². The molecule has 1 fully saturated rings. The predicted molar refractivity (Wildman–Crippen MR) is 104 cm³/mol. The molecule has 1 N–H and O–H groups in total. The molecule has 3 aromatic rings. The van der Waals surface area contributed by atoms with Gasteiger partial charge in [0.2, 0.25) is 5.91 Å². The number of aromatic nitrogens is 3. The zero-order valence-electron chi connectivity index (χ0n) is 15.6. The summed E-state index contributed by atoms with van der Waals surface area (Å²) in [5.41, 5.74) is 2.36. The average Bonchev–Trinajstić information content (AvgIpc) is 3.14. The first-order valence-corrected chi connectivity index (χ1v) is 9.44. The molecule has 138 valence electrons. The highest BCUT2D eigenvalue weighted by Crippen LogP contribution is 2.40. The summed E-state index contributed by atoms with van der Waals surface area (Å²) in [5.74, 6) is 1.78. The van der Waals surface area contributed by atoms with Gasteiger partial charge in [0.1, 0.15) is 5.82 Å². The van der Waals surface area contributed by atoms with Crippen molar-refractivity contribution >= 4 is 5.91 Å². The number of rotatable bonds is 5. The summed E-state index contributed by atoms with van der Waals surface area (Å²) in [5, 5.41) is 7.07. The Morgan fingerprint density at radius 3 is 2.22 bits per heavy atom. The fourth-order valence-electron chi connectivity index (χ4n) is 4.06. The van der Waals surface area contributed by atoms with E-state index in [2.05, 4.69) is 63.7 Å². The summed E-state index contributed by atoms with van der Waals surface area (Å²) in [4.78, 5) is 19.0. The molecule has 1 aromatic heterocycles. The molecule has 0 saturated carbocycles. The smallest absolute Gasteiger partial charge is 0.222 e. The van der Waals surface area contributed by atoms with Crippen molar-refractivity contribution in [1.29, 1.82) is 0 Å². The van der Waals surface area contributed by atoms with Crippen LogP contribution in [0.4, 0.5) is 0 Å². The van der Waals surface area contributed by atoms with Crippen molar-refractivity contribution in [3.05, 3.63) is 83.4 Å². The Labute approximate surface area is 159 Å². The molecule has 2 heterocycles. The van der Waals surface area contributed by atoms with E-state index in [-0.39, 0.29) is 11.3 Å². The number of hydrogen-bond donors (Lipinski definition) is 1. The molecule has 2 aromatic carbocycles. The molecular weight excluding hydrogens is 336 g/mol. The van der Waals surface area contributed by atoms with Gasteiger partial charge in [-0.25, -0.2) is 4.98 Å². The Balaban J connectivity index is 1.64. The molecule has 0 atom stereocenters. The van der Waals surface area contributed by atoms with Gasteiger partial charge in [0, 0.05) is 31.3 Å². The molecule has 0 bridgehead atoms. The fourth-order valence-corrected chi connectivity index (χ4v) is 4.06. The number of nitrogens with one attached hydrogen (secondary N) is 1. The van der Waals surface area contributed by atoms with E-state index >= 15 is 0 Å². The Kier molecular flexibility index (Phi) is 4.75. The lowest BCUT2D eigenvalue weighted by Gasteiger charge is -2.43. The van der Waals surface area contributed by atoms with Crippen LogP contribution in [0.1, 0.15) is 35.6 Å². The zero-order chi connectivity index (χ0) is 18.7. The number of carbonyl (C=O) groups excluding carboxylic acids is 1. The van der Waals surface area contributed by atoms with Gasteiger partial charge in [0.15, 0.2) is 5.82 Å². The van der Waals surface area contributed by atoms with E-state index in [0.29, 0.717) is 25.9 Å². The number of aryl methyl sites for hydroxylation is 1. The Morgan fingerprint density at radius 2 is 1.67 bits per heavy atom. The third-order valence-corrected chi connectivity index (χ3v) is 5.48. The number of amides is 1. The van der Waals surface area contributed by atoms with Crippen LogP contribution in [0.3, 0.4) is 0 Å². The lowest BCUT2D eigenvalue weighted by atomic mass is 9.69. The summed E-state index contributed by atoms with van der Waals surface area (Å²) in [6, 6.07) is 21.1. The predicted octanol–water partition coefficient (Wildman–Crippen LogP) is 3.26. The monoisotopic (exact) mass is 360 g/mol. The van der Waals surface area contributed by atoms with Gasteiger partial charge in [-0.05, 0) is 24.5 Å². The van der Waals surface area contributed by atoms with Crippen LogP contribution in [0.5, 0.6) is 0 Å². The lowest BCUT2D eigenvalue weighted by Crippen LogP contribution is -2.50. The number of likely N-dealkylation sites (tertiary alicyclic amines) is 1. The van der Waals surface area contributed by atoms with Gasteiger partial charge in [-0.15, -0.1) is 0 Å². The van der Waals surface area contributed by atoms with Crippen LogP contribution in [0.2, 0.25) is 0 Å². The molecule has 1 aliphatic heterocycles. The topological polar surface area (TPSA) is 61.9 Å². The molecule has 27 heavy (non-hydrogen) atoms. The Bertz CT molecular complexity index is 865. The highest BCUT2D eigenvalue weighted by Gasteiger charge is 2.41. The van der Waals surface area contributed by atoms with Crippen LogP contribution in [0.25, 0.3) is 0 Å². The minimum atomic E-state index is -0.175. The summed E-state index contributed by atoms with van der Waals surface area (Å²) >= 11 is 0. The van der Waals surface area contributed by atoms with Crippen molar-refractivity contribution in [2.45, 2.75) is 31.6 Å². The van der Waals surface area contributed by atoms with Crippen LogP contribution >= 0.6 is 0 Å². The van der Waals surface area contributed by atoms with E-state index in [4.69, 9.17) is 0 Å². The number of carbonyl (C=O) groups is 1. The molecular formula is C22H24N4O. The first-order valence-electron chi connectivity index (χ1n) is 9.44.